The molecule has 46 heavy (non-hydrogen) atoms. The fraction of sp³-hybridized carbons (Fsp3) is 0.294. The second-order valence-corrected chi connectivity index (χ2v) is 10.9. The Morgan fingerprint density at radius 1 is 1.04 bits per heavy atom. The molecule has 0 unspecified atom stereocenters. The largest absolute Gasteiger partial charge is 0.384 e. The molecule has 0 spiro atoms. The number of nitriles is 2. The summed E-state index contributed by atoms with van der Waals surface area (Å²) in [5.74, 6) is -1.38. The molecule has 0 saturated carbocycles. The normalized spacial score (nSPS) is 14.8. The summed E-state index contributed by atoms with van der Waals surface area (Å²) >= 11 is 0. The van der Waals surface area contributed by atoms with E-state index in [9.17, 15) is 24.9 Å². The maximum Gasteiger partial charge on any atom is 0.251 e. The topological polar surface area (TPSA) is 144 Å². The van der Waals surface area contributed by atoms with Gasteiger partial charge in [0.1, 0.15) is 12.1 Å². The van der Waals surface area contributed by atoms with E-state index in [1.807, 2.05) is 43.3 Å². The first-order valence-corrected chi connectivity index (χ1v) is 14.7. The zero-order valence-corrected chi connectivity index (χ0v) is 26.6. The molecular weight excluding hydrogens is 606 g/mol. The maximum absolute atomic E-state index is 14.4. The number of para-hydroxylation sites is 2. The zero-order valence-electron chi connectivity index (χ0n) is 25.8. The van der Waals surface area contributed by atoms with E-state index in [1.54, 1.807) is 41.9 Å². The van der Waals surface area contributed by atoms with Gasteiger partial charge in [0.15, 0.2) is 0 Å². The van der Waals surface area contributed by atoms with E-state index < -0.39 is 11.9 Å². The highest BCUT2D eigenvalue weighted by molar-refractivity contribution is 6.08. The van der Waals surface area contributed by atoms with Crippen molar-refractivity contribution in [1.29, 1.82) is 10.5 Å². The lowest BCUT2D eigenvalue weighted by Crippen LogP contribution is -2.53. The van der Waals surface area contributed by atoms with Gasteiger partial charge in [-0.1, -0.05) is 44.2 Å². The Bertz CT molecular complexity index is 1860. The Kier molecular flexibility index (Phi) is 10.8. The number of fused-ring (bicyclic) bond motifs is 2. The van der Waals surface area contributed by atoms with Crippen LogP contribution < -0.4 is 15.1 Å². The van der Waals surface area contributed by atoms with E-state index in [2.05, 4.69) is 17.5 Å². The predicted octanol–water partition coefficient (Wildman–Crippen LogP) is 4.64. The second kappa shape index (κ2) is 14.7. The van der Waals surface area contributed by atoms with Gasteiger partial charge in [-0.25, -0.2) is 4.68 Å². The van der Waals surface area contributed by atoms with Crippen molar-refractivity contribution in [2.75, 3.05) is 30.1 Å². The lowest BCUT2D eigenvalue weighted by atomic mass is 10.1. The summed E-state index contributed by atoms with van der Waals surface area (Å²) in [6.07, 6.45) is 0.618. The van der Waals surface area contributed by atoms with Gasteiger partial charge in [0.05, 0.1) is 71.6 Å². The summed E-state index contributed by atoms with van der Waals surface area (Å²) in [4.78, 5) is 44.0. The van der Waals surface area contributed by atoms with Crippen LogP contribution in [0.3, 0.4) is 0 Å². The number of hydrogen-bond donors (Lipinski definition) is 1. The number of amides is 3. The average Bonchev–Trinajstić information content (AvgIpc) is 3.39. The van der Waals surface area contributed by atoms with Gasteiger partial charge in [-0.05, 0) is 42.8 Å². The van der Waals surface area contributed by atoms with Crippen LogP contribution >= 0.6 is 12.4 Å². The lowest BCUT2D eigenvalue weighted by Gasteiger charge is -2.26. The van der Waals surface area contributed by atoms with Crippen molar-refractivity contribution in [2.45, 2.75) is 39.3 Å². The molecule has 0 saturated heterocycles. The molecule has 1 aromatic heterocycles. The summed E-state index contributed by atoms with van der Waals surface area (Å²) in [6.45, 7) is 3.71. The van der Waals surface area contributed by atoms with Crippen LogP contribution in [0.2, 0.25) is 0 Å². The summed E-state index contributed by atoms with van der Waals surface area (Å²) in [7, 11) is 1.50. The number of benzene rings is 3. The van der Waals surface area contributed by atoms with Crippen LogP contribution in [-0.4, -0.2) is 53.8 Å². The standard InChI is InChI=1S/C34H33N7O4.ClH/c1-4-22(2)33(43)37-27-21-39(32(42)15-16-45-3)31-17-23(18-35)13-14-30(31)40(34(27)44)20-26-25-10-6-8-12-29(25)41(38-26)28-11-7-5-9-24(28)19-36;/h5-14,17,22,27H,4,15-16,20-21H2,1-3H3,(H,37,43);1H/t22-,27+;/m1./s1. The number of aromatic nitrogens is 2. The number of rotatable bonds is 9. The summed E-state index contributed by atoms with van der Waals surface area (Å²) in [5.41, 5.74) is 3.43. The number of hydrogen-bond acceptors (Lipinski definition) is 7. The molecule has 12 heteroatoms. The molecule has 2 atom stereocenters. The minimum absolute atomic E-state index is 0. The van der Waals surface area contributed by atoms with Crippen molar-refractivity contribution in [3.8, 4) is 17.8 Å². The Morgan fingerprint density at radius 2 is 1.78 bits per heavy atom. The Balaban J connectivity index is 0.00000480. The number of nitrogens with one attached hydrogen (secondary N) is 1. The smallest absolute Gasteiger partial charge is 0.251 e. The van der Waals surface area contributed by atoms with Crippen molar-refractivity contribution < 1.29 is 19.1 Å². The predicted molar refractivity (Wildman–Crippen MR) is 176 cm³/mol. The van der Waals surface area contributed by atoms with Crippen LogP contribution in [0.1, 0.15) is 43.5 Å². The fourth-order valence-corrected chi connectivity index (χ4v) is 5.37. The van der Waals surface area contributed by atoms with Crippen molar-refractivity contribution >= 4 is 52.4 Å². The third kappa shape index (κ3) is 6.57. The third-order valence-corrected chi connectivity index (χ3v) is 8.04. The number of methoxy groups -OCH3 is 1. The van der Waals surface area contributed by atoms with Gasteiger partial charge in [-0.2, -0.15) is 15.6 Å². The van der Waals surface area contributed by atoms with E-state index in [0.717, 1.165) is 10.9 Å². The molecule has 0 aliphatic carbocycles. The molecule has 0 radical (unpaired) electrons. The molecule has 236 valence electrons. The van der Waals surface area contributed by atoms with Crippen molar-refractivity contribution in [1.82, 2.24) is 15.1 Å². The lowest BCUT2D eigenvalue weighted by molar-refractivity contribution is -0.130. The van der Waals surface area contributed by atoms with Crippen LogP contribution in [0.15, 0.2) is 66.7 Å². The van der Waals surface area contributed by atoms with Gasteiger partial charge in [0.2, 0.25) is 11.8 Å². The van der Waals surface area contributed by atoms with Gasteiger partial charge in [0.25, 0.3) is 5.91 Å². The first-order valence-electron chi connectivity index (χ1n) is 14.7. The van der Waals surface area contributed by atoms with Gasteiger partial charge < -0.3 is 19.9 Å². The van der Waals surface area contributed by atoms with Crippen LogP contribution in [0.4, 0.5) is 11.4 Å². The van der Waals surface area contributed by atoms with E-state index in [1.165, 1.54) is 16.9 Å². The number of carbonyl (C=O) groups is 3. The monoisotopic (exact) mass is 639 g/mol. The molecule has 3 aromatic carbocycles. The van der Waals surface area contributed by atoms with Crippen LogP contribution in [0.5, 0.6) is 0 Å². The van der Waals surface area contributed by atoms with E-state index in [0.29, 0.717) is 40.3 Å². The molecule has 1 N–H and O–H groups in total. The van der Waals surface area contributed by atoms with Gasteiger partial charge in [-0.15, -0.1) is 12.4 Å². The molecular formula is C34H34ClN7O4. The molecule has 2 heterocycles. The van der Waals surface area contributed by atoms with Gasteiger partial charge >= 0.3 is 0 Å². The van der Waals surface area contributed by atoms with Gasteiger partial charge in [0, 0.05) is 18.4 Å². The number of anilines is 2. The van der Waals surface area contributed by atoms with Crippen molar-refractivity contribution in [3.05, 3.63) is 83.6 Å². The van der Waals surface area contributed by atoms with E-state index in [-0.39, 0.29) is 56.3 Å². The molecule has 0 fully saturated rings. The third-order valence-electron chi connectivity index (χ3n) is 8.04. The quantitative estimate of drug-likeness (QED) is 0.281. The average molecular weight is 640 g/mol. The molecule has 4 aromatic rings. The molecule has 11 nitrogen and oxygen atoms in total. The maximum atomic E-state index is 14.4. The summed E-state index contributed by atoms with van der Waals surface area (Å²) in [6, 6.07) is 22.8. The molecule has 1 aliphatic rings. The van der Waals surface area contributed by atoms with Crippen molar-refractivity contribution in [2.24, 2.45) is 5.92 Å². The first-order chi connectivity index (χ1) is 21.8. The van der Waals surface area contributed by atoms with Crippen LogP contribution in [-0.2, 0) is 25.7 Å². The molecule has 1 aliphatic heterocycles. The van der Waals surface area contributed by atoms with Gasteiger partial charge in [-0.3, -0.25) is 14.4 Å². The second-order valence-electron chi connectivity index (χ2n) is 10.9. The summed E-state index contributed by atoms with van der Waals surface area (Å²) < 4.78 is 6.83. The SMILES string of the molecule is CC[C@@H](C)C(=O)N[C@H]1CN(C(=O)CCOC)c2cc(C#N)ccc2N(Cc2nn(-c3ccccc3C#N)c3ccccc23)C1=O.Cl. The molecule has 3 amide bonds. The molecule has 5 rings (SSSR count). The van der Waals surface area contributed by atoms with Crippen LogP contribution in [0, 0.1) is 28.6 Å². The highest BCUT2D eigenvalue weighted by Crippen LogP contribution is 2.36. The Labute approximate surface area is 273 Å². The first kappa shape index (κ1) is 33.7. The van der Waals surface area contributed by atoms with E-state index >= 15 is 0 Å². The zero-order chi connectivity index (χ0) is 32.1. The molecule has 0 bridgehead atoms. The highest BCUT2D eigenvalue weighted by Gasteiger charge is 2.38. The van der Waals surface area contributed by atoms with Crippen molar-refractivity contribution in [3.63, 3.8) is 0 Å². The number of nitrogens with zero attached hydrogens (tertiary/aromatic N) is 6. The van der Waals surface area contributed by atoms with E-state index in [4.69, 9.17) is 9.84 Å². The minimum Gasteiger partial charge on any atom is -0.384 e. The fourth-order valence-electron chi connectivity index (χ4n) is 5.37. The number of ether oxygens (including phenoxy) is 1. The number of halogens is 1. The Morgan fingerprint density at radius 3 is 2.50 bits per heavy atom. The minimum atomic E-state index is -1.07. The summed E-state index contributed by atoms with van der Waals surface area (Å²) in [5, 5.41) is 28.0. The highest BCUT2D eigenvalue weighted by atomic mass is 35.5. The number of carbonyl (C=O) groups excluding carboxylic acids is 3. The Hall–Kier alpha value is -5.23. The van der Waals surface area contributed by atoms with Crippen LogP contribution in [0.25, 0.3) is 16.6 Å².